The molecule has 1 heterocycles. The third-order valence-corrected chi connectivity index (χ3v) is 3.99. The summed E-state index contributed by atoms with van der Waals surface area (Å²) in [5.41, 5.74) is 0.856. The molecule has 0 aliphatic carbocycles. The zero-order valence-corrected chi connectivity index (χ0v) is 10.1. The molecule has 1 fully saturated rings. The largest absolute Gasteiger partial charge is 0.481 e. The molecule has 0 atom stereocenters. The third kappa shape index (κ3) is 2.41. The van der Waals surface area contributed by atoms with Crippen LogP contribution in [-0.4, -0.2) is 38.8 Å². The lowest BCUT2D eigenvalue weighted by Crippen LogP contribution is -2.50. The normalized spacial score (nSPS) is 16.6. The van der Waals surface area contributed by atoms with Crippen molar-refractivity contribution in [2.45, 2.75) is 4.90 Å². The number of carboxylic acid groups (broad SMARTS) is 1. The van der Waals surface area contributed by atoms with Gasteiger partial charge < -0.3 is 10.0 Å². The molecule has 1 N–H and O–H groups in total. The molecule has 6 heteroatoms. The molecule has 0 saturated carbocycles. The smallest absolute Gasteiger partial charge is 0.310 e. The maximum Gasteiger partial charge on any atom is 0.310 e. The van der Waals surface area contributed by atoms with Crippen molar-refractivity contribution in [1.82, 2.24) is 0 Å². The van der Waals surface area contributed by atoms with Crippen LogP contribution in [0.25, 0.3) is 0 Å². The van der Waals surface area contributed by atoms with Crippen LogP contribution in [0.2, 0.25) is 0 Å². The topological polar surface area (TPSA) is 74.7 Å². The highest BCUT2D eigenvalue weighted by atomic mass is 32.2. The first-order valence-corrected chi connectivity index (χ1v) is 7.05. The van der Waals surface area contributed by atoms with Gasteiger partial charge >= 0.3 is 5.97 Å². The minimum Gasteiger partial charge on any atom is -0.481 e. The minimum absolute atomic E-state index is 0.275. The van der Waals surface area contributed by atoms with Gasteiger partial charge in [0.15, 0.2) is 9.84 Å². The van der Waals surface area contributed by atoms with Crippen molar-refractivity contribution in [3.63, 3.8) is 0 Å². The van der Waals surface area contributed by atoms with E-state index in [0.717, 1.165) is 11.9 Å². The van der Waals surface area contributed by atoms with Gasteiger partial charge in [-0.1, -0.05) is 0 Å². The SMILES string of the molecule is CS(=O)(=O)c1ccc(N2CC(C(=O)O)C2)cc1. The second-order valence-electron chi connectivity index (χ2n) is 4.21. The number of hydrogen-bond acceptors (Lipinski definition) is 4. The highest BCUT2D eigenvalue weighted by molar-refractivity contribution is 7.90. The Morgan fingerprint density at radius 2 is 1.82 bits per heavy atom. The Labute approximate surface area is 99.6 Å². The van der Waals surface area contributed by atoms with E-state index < -0.39 is 15.8 Å². The van der Waals surface area contributed by atoms with Crippen molar-refractivity contribution in [2.75, 3.05) is 24.2 Å². The fourth-order valence-corrected chi connectivity index (χ4v) is 2.38. The van der Waals surface area contributed by atoms with E-state index in [0.29, 0.717) is 13.1 Å². The van der Waals surface area contributed by atoms with Gasteiger partial charge in [0.25, 0.3) is 0 Å². The van der Waals surface area contributed by atoms with Gasteiger partial charge in [-0.15, -0.1) is 0 Å². The van der Waals surface area contributed by atoms with Crippen molar-refractivity contribution in [3.8, 4) is 0 Å². The van der Waals surface area contributed by atoms with Crippen LogP contribution in [0.5, 0.6) is 0 Å². The molecule has 2 rings (SSSR count). The number of carbonyl (C=O) groups is 1. The summed E-state index contributed by atoms with van der Waals surface area (Å²) in [7, 11) is -3.17. The zero-order chi connectivity index (χ0) is 12.6. The van der Waals surface area contributed by atoms with E-state index in [-0.39, 0.29) is 10.8 Å². The average molecular weight is 255 g/mol. The van der Waals surface area contributed by atoms with E-state index in [2.05, 4.69) is 0 Å². The predicted molar refractivity (Wildman–Crippen MR) is 62.9 cm³/mol. The fourth-order valence-electron chi connectivity index (χ4n) is 1.75. The number of anilines is 1. The van der Waals surface area contributed by atoms with E-state index in [1.54, 1.807) is 24.3 Å². The molecule has 0 radical (unpaired) electrons. The fraction of sp³-hybridized carbons (Fsp3) is 0.364. The summed E-state index contributed by atoms with van der Waals surface area (Å²) < 4.78 is 22.5. The molecule has 1 aliphatic heterocycles. The molecular formula is C11H13NO4S. The Hall–Kier alpha value is -1.56. The van der Waals surface area contributed by atoms with Crippen LogP contribution in [-0.2, 0) is 14.6 Å². The molecule has 92 valence electrons. The summed E-state index contributed by atoms with van der Waals surface area (Å²) in [4.78, 5) is 12.8. The van der Waals surface area contributed by atoms with Crippen LogP contribution < -0.4 is 4.90 Å². The van der Waals surface area contributed by atoms with E-state index in [9.17, 15) is 13.2 Å². The van der Waals surface area contributed by atoms with Gasteiger partial charge in [0.2, 0.25) is 0 Å². The van der Waals surface area contributed by atoms with Crippen molar-refractivity contribution in [3.05, 3.63) is 24.3 Å². The quantitative estimate of drug-likeness (QED) is 0.856. The van der Waals surface area contributed by atoms with Gasteiger partial charge in [0.05, 0.1) is 10.8 Å². The van der Waals surface area contributed by atoms with Crippen molar-refractivity contribution in [2.24, 2.45) is 5.92 Å². The van der Waals surface area contributed by atoms with Crippen molar-refractivity contribution < 1.29 is 18.3 Å². The Bertz CT molecular complexity index is 529. The summed E-state index contributed by atoms with van der Waals surface area (Å²) in [5, 5.41) is 8.74. The Kier molecular flexibility index (Phi) is 2.82. The lowest BCUT2D eigenvalue weighted by Gasteiger charge is -2.38. The van der Waals surface area contributed by atoms with Gasteiger partial charge in [-0.05, 0) is 24.3 Å². The number of sulfone groups is 1. The molecule has 1 aliphatic rings. The lowest BCUT2D eigenvalue weighted by atomic mass is 10.00. The van der Waals surface area contributed by atoms with Gasteiger partial charge in [-0.2, -0.15) is 0 Å². The number of hydrogen-bond donors (Lipinski definition) is 1. The summed E-state index contributed by atoms with van der Waals surface area (Å²) in [6.07, 6.45) is 1.16. The van der Waals surface area contributed by atoms with E-state index in [4.69, 9.17) is 5.11 Å². The first kappa shape index (κ1) is 11.9. The van der Waals surface area contributed by atoms with Crippen LogP contribution in [0.1, 0.15) is 0 Å². The van der Waals surface area contributed by atoms with Crippen LogP contribution in [0.4, 0.5) is 5.69 Å². The Morgan fingerprint density at radius 3 is 2.24 bits per heavy atom. The van der Waals surface area contributed by atoms with Crippen molar-refractivity contribution >= 4 is 21.5 Å². The standard InChI is InChI=1S/C11H13NO4S/c1-17(15,16)10-4-2-9(3-5-10)12-6-8(7-12)11(13)14/h2-5,8H,6-7H2,1H3,(H,13,14). The molecule has 5 nitrogen and oxygen atoms in total. The lowest BCUT2D eigenvalue weighted by molar-refractivity contribution is -0.142. The highest BCUT2D eigenvalue weighted by Gasteiger charge is 2.32. The molecule has 0 aromatic heterocycles. The second kappa shape index (κ2) is 4.03. The Morgan fingerprint density at radius 1 is 1.29 bits per heavy atom. The molecule has 0 spiro atoms. The number of aliphatic carboxylic acids is 1. The minimum atomic E-state index is -3.17. The third-order valence-electron chi connectivity index (χ3n) is 2.86. The molecular weight excluding hydrogens is 242 g/mol. The number of nitrogens with zero attached hydrogens (tertiary/aromatic N) is 1. The van der Waals surface area contributed by atoms with Crippen LogP contribution >= 0.6 is 0 Å². The van der Waals surface area contributed by atoms with Crippen LogP contribution in [0, 0.1) is 5.92 Å². The summed E-state index contributed by atoms with van der Waals surface area (Å²) in [5.74, 6) is -1.10. The summed E-state index contributed by atoms with van der Waals surface area (Å²) in [6.45, 7) is 0.959. The molecule has 1 aromatic carbocycles. The monoisotopic (exact) mass is 255 g/mol. The van der Waals surface area contributed by atoms with E-state index in [1.807, 2.05) is 4.90 Å². The number of carboxylic acids is 1. The summed E-state index contributed by atoms with van der Waals surface area (Å²) >= 11 is 0. The molecule has 0 bridgehead atoms. The van der Waals surface area contributed by atoms with E-state index >= 15 is 0 Å². The molecule has 1 saturated heterocycles. The van der Waals surface area contributed by atoms with Gasteiger partial charge in [-0.25, -0.2) is 8.42 Å². The maximum atomic E-state index is 11.2. The summed E-state index contributed by atoms with van der Waals surface area (Å²) in [6, 6.07) is 6.49. The second-order valence-corrected chi connectivity index (χ2v) is 6.22. The average Bonchev–Trinajstić information content (AvgIpc) is 2.14. The molecule has 0 amide bonds. The highest BCUT2D eigenvalue weighted by Crippen LogP contribution is 2.25. The maximum absolute atomic E-state index is 11.2. The Balaban J connectivity index is 2.08. The van der Waals surface area contributed by atoms with Gasteiger partial charge in [0.1, 0.15) is 0 Å². The van der Waals surface area contributed by atoms with E-state index in [1.165, 1.54) is 0 Å². The number of benzene rings is 1. The zero-order valence-electron chi connectivity index (χ0n) is 9.33. The molecule has 0 unspecified atom stereocenters. The van der Waals surface area contributed by atoms with Gasteiger partial charge in [-0.3, -0.25) is 4.79 Å². The van der Waals surface area contributed by atoms with Crippen LogP contribution in [0.15, 0.2) is 29.2 Å². The van der Waals surface area contributed by atoms with Gasteiger partial charge in [0, 0.05) is 25.0 Å². The molecule has 17 heavy (non-hydrogen) atoms. The first-order chi connectivity index (χ1) is 7.88. The number of rotatable bonds is 3. The predicted octanol–water partition coefficient (Wildman–Crippen LogP) is 0.611. The first-order valence-electron chi connectivity index (χ1n) is 5.16. The van der Waals surface area contributed by atoms with Crippen LogP contribution in [0.3, 0.4) is 0 Å². The van der Waals surface area contributed by atoms with Crippen molar-refractivity contribution in [1.29, 1.82) is 0 Å². The molecule has 1 aromatic rings.